The van der Waals surface area contributed by atoms with Crippen molar-refractivity contribution in [3.63, 3.8) is 0 Å². The van der Waals surface area contributed by atoms with E-state index in [0.717, 1.165) is 67.5 Å². The fraction of sp³-hybridized carbons (Fsp3) is 0.450. The Morgan fingerprint density at radius 3 is 1.74 bits per heavy atom. The first kappa shape index (κ1) is 37.5. The van der Waals surface area contributed by atoms with Crippen LogP contribution in [0.3, 0.4) is 0 Å². The summed E-state index contributed by atoms with van der Waals surface area (Å²) >= 11 is 11.7. The van der Waals surface area contributed by atoms with E-state index in [4.69, 9.17) is 28.7 Å². The highest BCUT2D eigenvalue weighted by Gasteiger charge is 2.54. The highest BCUT2D eigenvalue weighted by atomic mass is 35.5. The van der Waals surface area contributed by atoms with Crippen molar-refractivity contribution >= 4 is 35.3 Å². The number of rotatable bonds is 11. The largest absolute Gasteiger partial charge is 0.335 e. The first-order valence-corrected chi connectivity index (χ1v) is 19.5. The Morgan fingerprint density at radius 1 is 0.741 bits per heavy atom. The molecule has 0 atom stereocenters. The average molecular weight is 770 g/mol. The molecule has 0 saturated heterocycles. The summed E-state index contributed by atoms with van der Waals surface area (Å²) in [5.74, 6) is 1.16. The van der Waals surface area contributed by atoms with Gasteiger partial charge in [0.1, 0.15) is 0 Å². The van der Waals surface area contributed by atoms with Gasteiger partial charge >= 0.3 is 12.1 Å². The van der Waals surface area contributed by atoms with Gasteiger partial charge in [-0.3, -0.25) is 0 Å². The van der Waals surface area contributed by atoms with Crippen molar-refractivity contribution in [2.45, 2.75) is 83.1 Å². The maximum Gasteiger partial charge on any atom is 0.315 e. The quantitative estimate of drug-likeness (QED) is 0.0683. The molecule has 0 bridgehead atoms. The van der Waals surface area contributed by atoms with Gasteiger partial charge in [-0.15, -0.1) is 5.10 Å². The number of halogens is 2. The number of amides is 4. The molecular weight excluding hydrogens is 723 g/mol. The van der Waals surface area contributed by atoms with Crippen LogP contribution in [0, 0.1) is 22.7 Å². The molecule has 1 heterocycles. The molecule has 1 aromatic heterocycles. The second-order valence-corrected chi connectivity index (χ2v) is 16.6. The van der Waals surface area contributed by atoms with Gasteiger partial charge in [0.05, 0.1) is 11.9 Å². The van der Waals surface area contributed by atoms with Gasteiger partial charge in [-0.1, -0.05) is 88.1 Å². The second-order valence-electron chi connectivity index (χ2n) is 15.7. The predicted octanol–water partition coefficient (Wildman–Crippen LogP) is 8.67. The molecule has 4 aliphatic rings. The van der Waals surface area contributed by atoms with Crippen molar-refractivity contribution in [1.29, 1.82) is 0 Å². The van der Waals surface area contributed by atoms with Crippen molar-refractivity contribution in [2.24, 2.45) is 27.8 Å². The van der Waals surface area contributed by atoms with Crippen LogP contribution in [-0.2, 0) is 19.6 Å². The number of urea groups is 2. The summed E-state index contributed by atoms with van der Waals surface area (Å²) in [7, 11) is 0. The molecule has 4 N–H and O–H groups in total. The Hall–Kier alpha value is -4.77. The highest BCUT2D eigenvalue weighted by molar-refractivity contribution is 6.30. The topological polar surface area (TPSA) is 162 Å². The average Bonchev–Trinajstić information content (AvgIpc) is 3.58. The van der Waals surface area contributed by atoms with Crippen molar-refractivity contribution in [3.05, 3.63) is 117 Å². The molecule has 4 aromatic rings. The lowest BCUT2D eigenvalue weighted by molar-refractivity contribution is -0.0525. The summed E-state index contributed by atoms with van der Waals surface area (Å²) in [5, 5.41) is 25.4. The second kappa shape index (κ2) is 16.7. The Labute approximate surface area is 325 Å². The number of hydrogen-bond acceptors (Lipinski definition) is 5. The molecule has 0 aliphatic heterocycles. The predicted molar refractivity (Wildman–Crippen MR) is 209 cm³/mol. The molecule has 282 valence electrons. The lowest BCUT2D eigenvalue weighted by Gasteiger charge is -2.57. The van der Waals surface area contributed by atoms with Crippen LogP contribution in [0.5, 0.6) is 0 Å². The number of nitrogens with one attached hydrogen (secondary N) is 4. The van der Waals surface area contributed by atoms with Gasteiger partial charge in [0.25, 0.3) is 0 Å². The van der Waals surface area contributed by atoms with Crippen LogP contribution in [-0.4, -0.2) is 45.7 Å². The summed E-state index contributed by atoms with van der Waals surface area (Å²) in [6, 6.07) is 25.6. The van der Waals surface area contributed by atoms with Crippen molar-refractivity contribution in [3.8, 4) is 11.3 Å². The fourth-order valence-electron chi connectivity index (χ4n) is 9.09. The van der Waals surface area contributed by atoms with E-state index in [9.17, 15) is 9.59 Å². The lowest BCUT2D eigenvalue weighted by Crippen LogP contribution is -2.58. The molecule has 8 rings (SSSR count). The summed E-state index contributed by atoms with van der Waals surface area (Å²) in [5.41, 5.74) is 13.4. The van der Waals surface area contributed by atoms with Gasteiger partial charge in [-0.05, 0) is 115 Å². The van der Waals surface area contributed by atoms with Gasteiger partial charge in [-0.25, -0.2) is 14.3 Å². The van der Waals surface area contributed by atoms with E-state index in [0.29, 0.717) is 52.3 Å². The minimum Gasteiger partial charge on any atom is -0.335 e. The summed E-state index contributed by atoms with van der Waals surface area (Å²) in [6.07, 6.45) is 10.7. The van der Waals surface area contributed by atoms with Gasteiger partial charge in [0.2, 0.25) is 0 Å². The number of benzene rings is 3. The fourth-order valence-corrected chi connectivity index (χ4v) is 9.35. The van der Waals surface area contributed by atoms with E-state index in [2.05, 4.69) is 53.7 Å². The third kappa shape index (κ3) is 9.47. The van der Waals surface area contributed by atoms with Crippen LogP contribution in [0.15, 0.2) is 90.2 Å². The normalized spacial score (nSPS) is 26.0. The van der Waals surface area contributed by atoms with Crippen LogP contribution in [0.25, 0.3) is 21.7 Å². The van der Waals surface area contributed by atoms with E-state index < -0.39 is 0 Å². The Kier molecular flexibility index (Phi) is 11.6. The molecule has 0 unspecified atom stereocenters. The molecule has 14 heteroatoms. The van der Waals surface area contributed by atoms with Crippen LogP contribution in [0.2, 0.25) is 10.0 Å². The lowest BCUT2D eigenvalue weighted by atomic mass is 9.50. The minimum atomic E-state index is -0.121. The van der Waals surface area contributed by atoms with E-state index >= 15 is 0 Å². The number of carbonyl (C=O) groups is 2. The first-order chi connectivity index (χ1) is 26.2. The SMILES string of the molecule is O=C(NCc1ccc(Cl)cc1)NC1CC2(CC(Cn3nncc3-c3ccccc3)C2)C1.[N-]=[N+]=NCC1CC2(C1)CC(NC(=O)NCc1ccc(Cl)cc1)C2. The zero-order valence-electron chi connectivity index (χ0n) is 30.1. The summed E-state index contributed by atoms with van der Waals surface area (Å²) in [6.45, 7) is 2.52. The van der Waals surface area contributed by atoms with Crippen LogP contribution >= 0.6 is 23.2 Å². The molecule has 4 saturated carbocycles. The molecule has 4 amide bonds. The number of azide groups is 1. The van der Waals surface area contributed by atoms with Gasteiger partial charge in [0.15, 0.2) is 0 Å². The zero-order valence-corrected chi connectivity index (χ0v) is 31.6. The molecule has 54 heavy (non-hydrogen) atoms. The van der Waals surface area contributed by atoms with Gasteiger partial charge < -0.3 is 21.3 Å². The number of carbonyl (C=O) groups excluding carboxylic acids is 2. The Balaban J connectivity index is 0.000000175. The standard InChI is InChI=1S/C24H26ClN5O.C16H20ClN5O/c25-20-8-6-17(7-9-20)14-26-23(31)28-21-12-24(13-21)10-18(11-24)16-30-22(15-27-29-30)19-4-2-1-3-5-19;17-13-3-1-11(2-4-13)9-19-15(23)21-14-7-16(8-14)5-12(6-16)10-20-22-18/h1-9,15,18,21H,10-14,16H2,(H2,26,28,31);1-4,12,14H,5-10H2,(H2,19,21,23). The molecule has 4 fully saturated rings. The Bertz CT molecular complexity index is 1920. The molecule has 2 spiro atoms. The number of nitrogens with zero attached hydrogens (tertiary/aromatic N) is 6. The van der Waals surface area contributed by atoms with E-state index in [1.807, 2.05) is 77.6 Å². The van der Waals surface area contributed by atoms with E-state index in [1.54, 1.807) is 0 Å². The summed E-state index contributed by atoms with van der Waals surface area (Å²) in [4.78, 5) is 26.9. The van der Waals surface area contributed by atoms with Crippen molar-refractivity contribution in [1.82, 2.24) is 36.3 Å². The third-order valence-corrected chi connectivity index (χ3v) is 12.0. The Morgan fingerprint density at radius 2 is 1.24 bits per heavy atom. The molecular formula is C40H46Cl2N10O2. The number of aromatic nitrogens is 3. The zero-order chi connectivity index (χ0) is 37.5. The molecule has 3 aromatic carbocycles. The van der Waals surface area contributed by atoms with Gasteiger partial charge in [0, 0.05) is 58.8 Å². The smallest absolute Gasteiger partial charge is 0.315 e. The van der Waals surface area contributed by atoms with Gasteiger partial charge in [-0.2, -0.15) is 0 Å². The molecule has 4 aliphatic carbocycles. The highest BCUT2D eigenvalue weighted by Crippen LogP contribution is 2.59. The maximum absolute atomic E-state index is 12.2. The molecule has 0 radical (unpaired) electrons. The van der Waals surface area contributed by atoms with Crippen molar-refractivity contribution in [2.75, 3.05) is 6.54 Å². The van der Waals surface area contributed by atoms with Crippen LogP contribution in [0.4, 0.5) is 9.59 Å². The number of hydrogen-bond donors (Lipinski definition) is 4. The summed E-state index contributed by atoms with van der Waals surface area (Å²) < 4.78 is 2.03. The van der Waals surface area contributed by atoms with Crippen LogP contribution in [0.1, 0.15) is 62.5 Å². The monoisotopic (exact) mass is 768 g/mol. The van der Waals surface area contributed by atoms with Crippen molar-refractivity contribution < 1.29 is 9.59 Å². The van der Waals surface area contributed by atoms with Crippen LogP contribution < -0.4 is 21.3 Å². The minimum absolute atomic E-state index is 0.0965. The molecule has 12 nitrogen and oxygen atoms in total. The van der Waals surface area contributed by atoms with E-state index in [-0.39, 0.29) is 24.1 Å². The van der Waals surface area contributed by atoms with E-state index in [1.165, 1.54) is 12.8 Å². The first-order valence-electron chi connectivity index (χ1n) is 18.7. The third-order valence-electron chi connectivity index (χ3n) is 11.5. The maximum atomic E-state index is 12.2.